The Labute approximate surface area is 102 Å². The Hall–Kier alpha value is -0.940. The average Bonchev–Trinajstić information content (AvgIpc) is 2.21. The summed E-state index contributed by atoms with van der Waals surface area (Å²) >= 11 is 3.03. The fraction of sp³-hybridized carbons (Fsp3) is 0.364. The number of rotatable bonds is 4. The molecule has 0 heterocycles. The van der Waals surface area contributed by atoms with Crippen molar-refractivity contribution in [2.45, 2.75) is 19.4 Å². The predicted octanol–water partition coefficient (Wildman–Crippen LogP) is 2.06. The first-order valence-corrected chi connectivity index (χ1v) is 5.79. The fourth-order valence-electron chi connectivity index (χ4n) is 1.19. The summed E-state index contributed by atoms with van der Waals surface area (Å²) in [6.45, 7) is 2.30. The van der Waals surface area contributed by atoms with Crippen LogP contribution in [0, 0.1) is 5.82 Å². The van der Waals surface area contributed by atoms with Crippen molar-refractivity contribution in [3.63, 3.8) is 0 Å². The molecule has 1 atom stereocenters. The second kappa shape index (κ2) is 5.96. The number of carbonyl (C=O) groups excluding carboxylic acids is 1. The lowest BCUT2D eigenvalue weighted by atomic mass is 10.2. The van der Waals surface area contributed by atoms with Gasteiger partial charge in [0.2, 0.25) is 0 Å². The SMILES string of the molecule is CC(N)CCNC(=O)c1cccc(Br)c1F. The third kappa shape index (κ3) is 3.57. The van der Waals surface area contributed by atoms with Crippen LogP contribution >= 0.6 is 15.9 Å². The van der Waals surface area contributed by atoms with Gasteiger partial charge in [-0.15, -0.1) is 0 Å². The molecule has 0 aliphatic heterocycles. The number of benzene rings is 1. The summed E-state index contributed by atoms with van der Waals surface area (Å²) in [7, 11) is 0. The molecule has 5 heteroatoms. The average molecular weight is 289 g/mol. The molecule has 0 aliphatic carbocycles. The molecule has 1 aromatic carbocycles. The molecular formula is C11H14BrFN2O. The first-order valence-electron chi connectivity index (χ1n) is 5.00. The summed E-state index contributed by atoms with van der Waals surface area (Å²) in [6, 6.07) is 4.64. The molecule has 0 aliphatic rings. The second-order valence-corrected chi connectivity index (χ2v) is 4.48. The highest BCUT2D eigenvalue weighted by Crippen LogP contribution is 2.18. The van der Waals surface area contributed by atoms with E-state index in [0.717, 1.165) is 0 Å². The van der Waals surface area contributed by atoms with Crippen LogP contribution in [0.15, 0.2) is 22.7 Å². The maximum atomic E-state index is 13.5. The van der Waals surface area contributed by atoms with Crippen LogP contribution in [0.1, 0.15) is 23.7 Å². The second-order valence-electron chi connectivity index (χ2n) is 3.62. The Kier molecular flexibility index (Phi) is 4.89. The Balaban J connectivity index is 2.63. The number of hydrogen-bond donors (Lipinski definition) is 2. The lowest BCUT2D eigenvalue weighted by Gasteiger charge is -2.08. The van der Waals surface area contributed by atoms with Gasteiger partial charge in [-0.1, -0.05) is 6.07 Å². The van der Waals surface area contributed by atoms with Crippen LogP contribution in [-0.2, 0) is 0 Å². The zero-order chi connectivity index (χ0) is 12.1. The summed E-state index contributed by atoms with van der Waals surface area (Å²) in [5, 5.41) is 2.62. The van der Waals surface area contributed by atoms with Gasteiger partial charge < -0.3 is 11.1 Å². The Morgan fingerprint density at radius 3 is 2.94 bits per heavy atom. The highest BCUT2D eigenvalue weighted by molar-refractivity contribution is 9.10. The predicted molar refractivity (Wildman–Crippen MR) is 64.7 cm³/mol. The van der Waals surface area contributed by atoms with E-state index < -0.39 is 11.7 Å². The van der Waals surface area contributed by atoms with Crippen molar-refractivity contribution in [1.82, 2.24) is 5.32 Å². The van der Waals surface area contributed by atoms with Crippen LogP contribution in [0.3, 0.4) is 0 Å². The van der Waals surface area contributed by atoms with Crippen LogP contribution in [0.4, 0.5) is 4.39 Å². The van der Waals surface area contributed by atoms with Crippen LogP contribution in [-0.4, -0.2) is 18.5 Å². The van der Waals surface area contributed by atoms with Crippen molar-refractivity contribution in [3.8, 4) is 0 Å². The fourth-order valence-corrected chi connectivity index (χ4v) is 1.55. The number of hydrogen-bond acceptors (Lipinski definition) is 2. The summed E-state index contributed by atoms with van der Waals surface area (Å²) in [4.78, 5) is 11.6. The van der Waals surface area contributed by atoms with Gasteiger partial charge in [0.15, 0.2) is 0 Å². The Bertz CT molecular complexity index is 382. The monoisotopic (exact) mass is 288 g/mol. The van der Waals surface area contributed by atoms with E-state index in [9.17, 15) is 9.18 Å². The van der Waals surface area contributed by atoms with E-state index in [-0.39, 0.29) is 16.1 Å². The minimum Gasteiger partial charge on any atom is -0.352 e. The highest BCUT2D eigenvalue weighted by atomic mass is 79.9. The largest absolute Gasteiger partial charge is 0.352 e. The molecule has 1 aromatic rings. The van der Waals surface area contributed by atoms with E-state index in [2.05, 4.69) is 21.2 Å². The summed E-state index contributed by atoms with van der Waals surface area (Å²) in [5.41, 5.74) is 5.58. The van der Waals surface area contributed by atoms with Crippen LogP contribution in [0.25, 0.3) is 0 Å². The molecule has 0 aromatic heterocycles. The topological polar surface area (TPSA) is 55.1 Å². The molecule has 1 unspecified atom stereocenters. The minimum absolute atomic E-state index is 0.0210. The summed E-state index contributed by atoms with van der Waals surface area (Å²) < 4.78 is 13.8. The van der Waals surface area contributed by atoms with Gasteiger partial charge in [0.05, 0.1) is 10.0 Å². The number of carbonyl (C=O) groups is 1. The zero-order valence-corrected chi connectivity index (χ0v) is 10.6. The van der Waals surface area contributed by atoms with Crippen molar-refractivity contribution in [2.75, 3.05) is 6.54 Å². The number of halogens is 2. The molecule has 0 saturated carbocycles. The lowest BCUT2D eigenvalue weighted by molar-refractivity contribution is 0.0948. The maximum Gasteiger partial charge on any atom is 0.254 e. The lowest BCUT2D eigenvalue weighted by Crippen LogP contribution is -2.29. The number of nitrogens with two attached hydrogens (primary N) is 1. The summed E-state index contributed by atoms with van der Waals surface area (Å²) in [6.07, 6.45) is 0.668. The molecule has 0 fully saturated rings. The van der Waals surface area contributed by atoms with Crippen molar-refractivity contribution >= 4 is 21.8 Å². The van der Waals surface area contributed by atoms with Gasteiger partial charge in [0.1, 0.15) is 5.82 Å². The molecule has 88 valence electrons. The van der Waals surface area contributed by atoms with Gasteiger partial charge in [-0.2, -0.15) is 0 Å². The third-order valence-electron chi connectivity index (χ3n) is 2.08. The quantitative estimate of drug-likeness (QED) is 0.891. The first kappa shape index (κ1) is 13.1. The molecule has 0 spiro atoms. The molecule has 3 N–H and O–H groups in total. The standard InChI is InChI=1S/C11H14BrFN2O/c1-7(14)5-6-15-11(16)8-3-2-4-9(12)10(8)13/h2-4,7H,5-6,14H2,1H3,(H,15,16). The molecule has 16 heavy (non-hydrogen) atoms. The van der Waals surface area contributed by atoms with E-state index in [4.69, 9.17) is 5.73 Å². The van der Waals surface area contributed by atoms with Crippen molar-refractivity contribution < 1.29 is 9.18 Å². The van der Waals surface area contributed by atoms with Crippen LogP contribution in [0.2, 0.25) is 0 Å². The van der Waals surface area contributed by atoms with Crippen molar-refractivity contribution in [3.05, 3.63) is 34.1 Å². The van der Waals surface area contributed by atoms with Crippen molar-refractivity contribution in [2.24, 2.45) is 5.73 Å². The molecule has 3 nitrogen and oxygen atoms in total. The zero-order valence-electron chi connectivity index (χ0n) is 8.97. The first-order chi connectivity index (χ1) is 7.52. The molecule has 0 bridgehead atoms. The van der Waals surface area contributed by atoms with E-state index in [0.29, 0.717) is 13.0 Å². The molecular weight excluding hydrogens is 275 g/mol. The number of amides is 1. The third-order valence-corrected chi connectivity index (χ3v) is 2.69. The van der Waals surface area contributed by atoms with E-state index in [1.807, 2.05) is 6.92 Å². The van der Waals surface area contributed by atoms with E-state index in [1.54, 1.807) is 12.1 Å². The smallest absolute Gasteiger partial charge is 0.254 e. The van der Waals surface area contributed by atoms with Gasteiger partial charge in [-0.05, 0) is 41.4 Å². The molecule has 0 saturated heterocycles. The van der Waals surface area contributed by atoms with Gasteiger partial charge in [0, 0.05) is 12.6 Å². The van der Waals surface area contributed by atoms with Gasteiger partial charge in [0.25, 0.3) is 5.91 Å². The number of nitrogens with one attached hydrogen (secondary N) is 1. The minimum atomic E-state index is -0.541. The summed E-state index contributed by atoms with van der Waals surface area (Å²) in [5.74, 6) is -0.958. The normalized spacial score (nSPS) is 12.2. The Morgan fingerprint density at radius 1 is 1.62 bits per heavy atom. The van der Waals surface area contributed by atoms with Gasteiger partial charge in [-0.3, -0.25) is 4.79 Å². The molecule has 0 radical (unpaired) electrons. The van der Waals surface area contributed by atoms with Crippen molar-refractivity contribution in [1.29, 1.82) is 0 Å². The van der Waals surface area contributed by atoms with E-state index >= 15 is 0 Å². The molecule has 1 amide bonds. The van der Waals surface area contributed by atoms with Gasteiger partial charge >= 0.3 is 0 Å². The Morgan fingerprint density at radius 2 is 2.31 bits per heavy atom. The van der Waals surface area contributed by atoms with Gasteiger partial charge in [-0.25, -0.2) is 4.39 Å². The van der Waals surface area contributed by atoms with Crippen LogP contribution < -0.4 is 11.1 Å². The van der Waals surface area contributed by atoms with E-state index in [1.165, 1.54) is 6.07 Å². The highest BCUT2D eigenvalue weighted by Gasteiger charge is 2.13. The molecule has 1 rings (SSSR count). The van der Waals surface area contributed by atoms with Crippen LogP contribution in [0.5, 0.6) is 0 Å². The maximum absolute atomic E-state index is 13.5.